The Bertz CT molecular complexity index is 1080. The molecule has 3 aromatic rings. The van der Waals surface area contributed by atoms with Crippen molar-refractivity contribution in [2.75, 3.05) is 36.4 Å². The van der Waals surface area contributed by atoms with Crippen LogP contribution in [0.25, 0.3) is 10.3 Å². The molecule has 1 aromatic carbocycles. The van der Waals surface area contributed by atoms with E-state index < -0.39 is 0 Å². The molecule has 166 valence electrons. The van der Waals surface area contributed by atoms with Crippen LogP contribution < -0.4 is 10.2 Å². The molecule has 3 heterocycles. The molecule has 7 nitrogen and oxygen atoms in total. The Morgan fingerprint density at radius 3 is 2.59 bits per heavy atom. The van der Waals surface area contributed by atoms with Gasteiger partial charge >= 0.3 is 0 Å². The monoisotopic (exact) mass is 449 g/mol. The second-order valence-electron chi connectivity index (χ2n) is 8.51. The highest BCUT2D eigenvalue weighted by molar-refractivity contribution is 7.21. The highest BCUT2D eigenvalue weighted by atomic mass is 32.1. The van der Waals surface area contributed by atoms with Gasteiger partial charge < -0.3 is 15.1 Å². The first-order valence-electron chi connectivity index (χ1n) is 11.3. The topological polar surface area (TPSA) is 78.4 Å². The third-order valence-corrected chi connectivity index (χ3v) is 7.39. The van der Waals surface area contributed by atoms with E-state index in [1.165, 1.54) is 6.42 Å². The van der Waals surface area contributed by atoms with Gasteiger partial charge in [0.15, 0.2) is 5.13 Å². The minimum absolute atomic E-state index is 0.00406. The number of aromatic nitrogens is 2. The summed E-state index contributed by atoms with van der Waals surface area (Å²) in [5.74, 6) is 0.173. The lowest BCUT2D eigenvalue weighted by molar-refractivity contribution is -0.120. The average Bonchev–Trinajstić information content (AvgIpc) is 3.29. The van der Waals surface area contributed by atoms with Crippen LogP contribution in [0, 0.1) is 5.92 Å². The van der Waals surface area contributed by atoms with E-state index in [0.29, 0.717) is 24.3 Å². The van der Waals surface area contributed by atoms with Crippen molar-refractivity contribution in [1.82, 2.24) is 14.9 Å². The normalized spacial score (nSPS) is 17.5. The molecule has 1 saturated heterocycles. The minimum Gasteiger partial charge on any atom is -0.344 e. The molecular formula is C24H27N5O2S. The molecule has 2 fully saturated rings. The van der Waals surface area contributed by atoms with Crippen LogP contribution in [0.15, 0.2) is 42.6 Å². The van der Waals surface area contributed by atoms with Crippen LogP contribution in [0.4, 0.5) is 10.8 Å². The Morgan fingerprint density at radius 2 is 1.81 bits per heavy atom. The number of carbonyl (C=O) groups is 2. The maximum Gasteiger partial charge on any atom is 0.254 e. The van der Waals surface area contributed by atoms with Crippen molar-refractivity contribution in [3.8, 4) is 0 Å². The number of nitrogens with one attached hydrogen (secondary N) is 1. The smallest absolute Gasteiger partial charge is 0.254 e. The maximum atomic E-state index is 13.1. The van der Waals surface area contributed by atoms with E-state index >= 15 is 0 Å². The van der Waals surface area contributed by atoms with Crippen molar-refractivity contribution in [3.63, 3.8) is 0 Å². The minimum atomic E-state index is 0.00406. The van der Waals surface area contributed by atoms with Gasteiger partial charge in [-0.05, 0) is 43.2 Å². The molecular weight excluding hydrogens is 422 g/mol. The van der Waals surface area contributed by atoms with Gasteiger partial charge in [-0.25, -0.2) is 9.97 Å². The quantitative estimate of drug-likeness (QED) is 0.647. The van der Waals surface area contributed by atoms with Gasteiger partial charge in [0.1, 0.15) is 10.3 Å². The van der Waals surface area contributed by atoms with Crippen LogP contribution in [0.2, 0.25) is 0 Å². The zero-order chi connectivity index (χ0) is 21.9. The lowest BCUT2D eigenvalue weighted by Gasteiger charge is -2.34. The van der Waals surface area contributed by atoms with Gasteiger partial charge in [0.05, 0.1) is 0 Å². The highest BCUT2D eigenvalue weighted by Gasteiger charge is 2.25. The number of hydrogen-bond donors (Lipinski definition) is 1. The molecule has 0 spiro atoms. The second-order valence-corrected chi connectivity index (χ2v) is 9.46. The number of benzene rings is 1. The van der Waals surface area contributed by atoms with Crippen LogP contribution >= 0.6 is 11.3 Å². The molecule has 0 bridgehead atoms. The first-order chi connectivity index (χ1) is 15.7. The van der Waals surface area contributed by atoms with E-state index in [1.807, 2.05) is 35.2 Å². The summed E-state index contributed by atoms with van der Waals surface area (Å²) < 4.78 is 0. The summed E-state index contributed by atoms with van der Waals surface area (Å²) >= 11 is 1.59. The predicted octanol–water partition coefficient (Wildman–Crippen LogP) is 4.17. The van der Waals surface area contributed by atoms with Gasteiger partial charge in [-0.1, -0.05) is 36.7 Å². The Morgan fingerprint density at radius 1 is 1.00 bits per heavy atom. The summed E-state index contributed by atoms with van der Waals surface area (Å²) in [4.78, 5) is 39.7. The molecule has 2 aliphatic rings. The van der Waals surface area contributed by atoms with Crippen molar-refractivity contribution in [3.05, 3.63) is 48.2 Å². The summed E-state index contributed by atoms with van der Waals surface area (Å²) in [6.45, 7) is 2.76. The van der Waals surface area contributed by atoms with Crippen LogP contribution in [0.1, 0.15) is 42.5 Å². The Hall–Kier alpha value is -3.00. The molecule has 5 rings (SSSR count). The number of piperazine rings is 1. The third-order valence-electron chi connectivity index (χ3n) is 6.35. The molecule has 0 unspecified atom stereocenters. The van der Waals surface area contributed by atoms with Gasteiger partial charge in [0.2, 0.25) is 5.91 Å². The predicted molar refractivity (Wildman–Crippen MR) is 127 cm³/mol. The summed E-state index contributed by atoms with van der Waals surface area (Å²) in [5.41, 5.74) is 2.23. The molecule has 0 radical (unpaired) electrons. The summed E-state index contributed by atoms with van der Waals surface area (Å²) in [6, 6.07) is 11.2. The summed E-state index contributed by atoms with van der Waals surface area (Å²) in [6.07, 6.45) is 7.16. The largest absolute Gasteiger partial charge is 0.344 e. The first kappa shape index (κ1) is 20.9. The Labute approximate surface area is 191 Å². The lowest BCUT2D eigenvalue weighted by atomic mass is 9.88. The molecule has 32 heavy (non-hydrogen) atoms. The van der Waals surface area contributed by atoms with Gasteiger partial charge in [0, 0.05) is 49.5 Å². The van der Waals surface area contributed by atoms with Crippen LogP contribution in [0.5, 0.6) is 0 Å². The van der Waals surface area contributed by atoms with E-state index in [-0.39, 0.29) is 17.7 Å². The molecule has 1 N–H and O–H groups in total. The van der Waals surface area contributed by atoms with Crippen molar-refractivity contribution < 1.29 is 9.59 Å². The summed E-state index contributed by atoms with van der Waals surface area (Å²) in [7, 11) is 0. The first-order valence-corrected chi connectivity index (χ1v) is 12.2. The fourth-order valence-electron chi connectivity index (χ4n) is 4.52. The number of amides is 2. The average molecular weight is 450 g/mol. The molecule has 1 aliphatic heterocycles. The van der Waals surface area contributed by atoms with E-state index in [4.69, 9.17) is 0 Å². The fraction of sp³-hybridized carbons (Fsp3) is 0.417. The third kappa shape index (κ3) is 4.46. The van der Waals surface area contributed by atoms with E-state index in [2.05, 4.69) is 20.2 Å². The maximum absolute atomic E-state index is 13.1. The van der Waals surface area contributed by atoms with Crippen LogP contribution in [-0.4, -0.2) is 52.9 Å². The Balaban J connectivity index is 1.20. The van der Waals surface area contributed by atoms with Gasteiger partial charge in [-0.2, -0.15) is 0 Å². The number of pyridine rings is 1. The van der Waals surface area contributed by atoms with E-state index in [9.17, 15) is 9.59 Å². The summed E-state index contributed by atoms with van der Waals surface area (Å²) in [5, 5.41) is 3.98. The van der Waals surface area contributed by atoms with Gasteiger partial charge in [-0.3, -0.25) is 9.59 Å². The molecule has 2 amide bonds. The fourth-order valence-corrected chi connectivity index (χ4v) is 5.48. The van der Waals surface area contributed by atoms with Crippen molar-refractivity contribution in [2.24, 2.45) is 5.92 Å². The molecule has 0 atom stereocenters. The molecule has 2 aromatic heterocycles. The Kier molecular flexibility index (Phi) is 6.03. The number of thiazole rings is 1. The van der Waals surface area contributed by atoms with Crippen LogP contribution in [0.3, 0.4) is 0 Å². The zero-order valence-electron chi connectivity index (χ0n) is 18.0. The molecule has 1 aliphatic carbocycles. The standard InChI is InChI=1S/C24H27N5O2S/c30-21(17-6-2-1-3-7-17)26-19-9-4-8-18(16-19)23(31)28-12-14-29(15-13-28)24-27-20-10-5-11-25-22(20)32-24/h4-5,8-11,16-17H,1-3,6-7,12-15H2,(H,26,30). The van der Waals surface area contributed by atoms with Crippen molar-refractivity contribution in [1.29, 1.82) is 0 Å². The number of hydrogen-bond acceptors (Lipinski definition) is 6. The van der Waals surface area contributed by atoms with Crippen molar-refractivity contribution in [2.45, 2.75) is 32.1 Å². The van der Waals surface area contributed by atoms with E-state index in [0.717, 1.165) is 54.3 Å². The number of rotatable bonds is 4. The zero-order valence-corrected chi connectivity index (χ0v) is 18.8. The number of anilines is 2. The van der Waals surface area contributed by atoms with Crippen LogP contribution in [-0.2, 0) is 4.79 Å². The number of carbonyl (C=O) groups excluding carboxylic acids is 2. The second kappa shape index (κ2) is 9.24. The van der Waals surface area contributed by atoms with Gasteiger partial charge in [-0.15, -0.1) is 0 Å². The van der Waals surface area contributed by atoms with E-state index in [1.54, 1.807) is 23.6 Å². The molecule has 8 heteroatoms. The number of fused-ring (bicyclic) bond motifs is 1. The molecule has 1 saturated carbocycles. The highest BCUT2D eigenvalue weighted by Crippen LogP contribution is 2.28. The van der Waals surface area contributed by atoms with Gasteiger partial charge in [0.25, 0.3) is 5.91 Å². The number of nitrogens with zero attached hydrogens (tertiary/aromatic N) is 4. The SMILES string of the molecule is O=C(Nc1cccc(C(=O)N2CCN(c3nc4cccnc4s3)CC2)c1)C1CCCCC1. The lowest BCUT2D eigenvalue weighted by Crippen LogP contribution is -2.48. The van der Waals surface area contributed by atoms with Crippen molar-refractivity contribution >= 4 is 44.3 Å².